The summed E-state index contributed by atoms with van der Waals surface area (Å²) >= 11 is 6.89. The van der Waals surface area contributed by atoms with Crippen molar-refractivity contribution in [2.24, 2.45) is 0 Å². The lowest BCUT2D eigenvalue weighted by Crippen LogP contribution is -2.58. The van der Waals surface area contributed by atoms with Gasteiger partial charge in [0, 0.05) is 70.7 Å². The maximum absolute atomic E-state index is 15.4. The summed E-state index contributed by atoms with van der Waals surface area (Å²) in [5.74, 6) is -2.52. The van der Waals surface area contributed by atoms with Crippen LogP contribution in [0, 0.1) is 11.6 Å². The molecule has 4 heterocycles. The van der Waals surface area contributed by atoms with E-state index in [4.69, 9.17) is 16.3 Å². The quantitative estimate of drug-likeness (QED) is 0.144. The fourth-order valence-corrected chi connectivity index (χ4v) is 7.62. The molecule has 3 atom stereocenters. The van der Waals surface area contributed by atoms with Gasteiger partial charge in [0.05, 0.1) is 22.6 Å². The Hall–Kier alpha value is -4.24. The number of carbonyl (C=O) groups excluding carboxylic acids is 1. The molecule has 0 saturated carbocycles. The van der Waals surface area contributed by atoms with Crippen molar-refractivity contribution in [3.05, 3.63) is 82.1 Å². The van der Waals surface area contributed by atoms with Crippen molar-refractivity contribution in [3.8, 4) is 17.0 Å². The molecular formula is C31H26ClF5N6O3S. The summed E-state index contributed by atoms with van der Waals surface area (Å²) in [6.45, 7) is 7.29. The lowest BCUT2D eigenvalue weighted by atomic mass is 9.95. The van der Waals surface area contributed by atoms with Gasteiger partial charge in [-0.3, -0.25) is 9.36 Å². The molecule has 2 aliphatic heterocycles. The largest absolute Gasteiger partial charge is 0.471 e. The summed E-state index contributed by atoms with van der Waals surface area (Å²) in [6, 6.07) is 2.75. The summed E-state index contributed by atoms with van der Waals surface area (Å²) in [5, 5.41) is -0.587. The van der Waals surface area contributed by atoms with Crippen molar-refractivity contribution < 1.29 is 31.5 Å². The van der Waals surface area contributed by atoms with Crippen LogP contribution < -0.4 is 15.3 Å². The van der Waals surface area contributed by atoms with Crippen molar-refractivity contribution >= 4 is 46.0 Å². The number of ether oxygens (including phenoxy) is 1. The molecule has 0 N–H and O–H groups in total. The van der Waals surface area contributed by atoms with E-state index in [1.807, 2.05) is 0 Å². The number of aromatic nitrogens is 4. The number of alkyl halides is 3. The van der Waals surface area contributed by atoms with E-state index in [9.17, 15) is 27.2 Å². The van der Waals surface area contributed by atoms with Crippen molar-refractivity contribution in [1.82, 2.24) is 24.4 Å². The number of halogens is 6. The third-order valence-electron chi connectivity index (χ3n) is 8.07. The molecule has 2 aliphatic rings. The number of anilines is 1. The van der Waals surface area contributed by atoms with Gasteiger partial charge in [-0.2, -0.15) is 18.2 Å². The second-order valence-electron chi connectivity index (χ2n) is 11.2. The highest BCUT2D eigenvalue weighted by molar-refractivity contribution is 7.99. The minimum atomic E-state index is -5.02. The normalized spacial score (nSPS) is 19.9. The molecule has 2 aromatic heterocycles. The topological polar surface area (TPSA) is 93.5 Å². The van der Waals surface area contributed by atoms with E-state index in [0.717, 1.165) is 23.9 Å². The van der Waals surface area contributed by atoms with Gasteiger partial charge in [-0.1, -0.05) is 18.2 Å². The summed E-state index contributed by atoms with van der Waals surface area (Å²) in [5.41, 5.74) is -3.10. The standard InChI is InChI=1S/C31H26ClF5N6O3S/c1-4-25(44)43-15(2)10-41(11-16(43)3)29-19-7-20(31(35,36)37)26(18-8-21(32)23(34)9-22(18)33)28-27(19)42(30(45)40-29)12-17(13-47-28)46-24-5-6-38-14-39-24/h4-9,14-17H,1,10-13H2,2-3H3/t15-,16+,17-/m0/s1. The number of thioether (sulfide) groups is 1. The number of hydrogen-bond acceptors (Lipinski definition) is 8. The van der Waals surface area contributed by atoms with Gasteiger partial charge < -0.3 is 14.5 Å². The van der Waals surface area contributed by atoms with Crippen LogP contribution in [0.3, 0.4) is 0 Å². The molecule has 47 heavy (non-hydrogen) atoms. The van der Waals surface area contributed by atoms with E-state index in [2.05, 4.69) is 21.5 Å². The molecule has 0 spiro atoms. The number of carbonyl (C=O) groups is 1. The Kier molecular flexibility index (Phi) is 8.63. The number of nitrogens with zero attached hydrogens (tertiary/aromatic N) is 6. The lowest BCUT2D eigenvalue weighted by Gasteiger charge is -2.44. The number of hydrogen-bond donors (Lipinski definition) is 0. The van der Waals surface area contributed by atoms with Crippen LogP contribution in [0.25, 0.3) is 22.0 Å². The molecule has 2 aromatic carbocycles. The Bertz CT molecular complexity index is 1950. The van der Waals surface area contributed by atoms with Crippen LogP contribution in [0.15, 0.2) is 59.1 Å². The number of piperazine rings is 1. The van der Waals surface area contributed by atoms with E-state index in [1.54, 1.807) is 23.6 Å². The van der Waals surface area contributed by atoms with Crippen LogP contribution in [-0.2, 0) is 17.5 Å². The molecule has 9 nitrogen and oxygen atoms in total. The second kappa shape index (κ2) is 12.4. The summed E-state index contributed by atoms with van der Waals surface area (Å²) in [7, 11) is 0. The molecule has 6 rings (SSSR count). The zero-order valence-electron chi connectivity index (χ0n) is 24.9. The average molecular weight is 693 g/mol. The SMILES string of the molecule is C=CC(=O)N1[C@H](C)CN(c2nc(=O)n3c4c(c(-c5cc(Cl)c(F)cc5F)c(C(F)(F)F)cc24)SC[C@@H](Oc2ccncn2)C3)C[C@@H]1C. The van der Waals surface area contributed by atoms with Gasteiger partial charge >= 0.3 is 11.9 Å². The van der Waals surface area contributed by atoms with Gasteiger partial charge in [-0.05, 0) is 32.1 Å². The van der Waals surface area contributed by atoms with Crippen LogP contribution in [0.2, 0.25) is 5.02 Å². The van der Waals surface area contributed by atoms with Gasteiger partial charge in [0.15, 0.2) is 0 Å². The highest BCUT2D eigenvalue weighted by Gasteiger charge is 2.40. The monoisotopic (exact) mass is 692 g/mol. The van der Waals surface area contributed by atoms with Crippen LogP contribution in [0.1, 0.15) is 19.4 Å². The highest BCUT2D eigenvalue weighted by atomic mass is 35.5. The Morgan fingerprint density at radius 3 is 2.49 bits per heavy atom. The smallest absolute Gasteiger partial charge is 0.417 e. The molecule has 4 aromatic rings. The third-order valence-corrected chi connectivity index (χ3v) is 9.59. The first-order valence-corrected chi connectivity index (χ1v) is 15.7. The Balaban J connectivity index is 1.62. The summed E-state index contributed by atoms with van der Waals surface area (Å²) in [6.07, 6.45) is -1.92. The maximum atomic E-state index is 15.4. The van der Waals surface area contributed by atoms with Crippen molar-refractivity contribution in [2.45, 2.75) is 49.7 Å². The Morgan fingerprint density at radius 2 is 1.85 bits per heavy atom. The molecular weight excluding hydrogens is 667 g/mol. The van der Waals surface area contributed by atoms with Gasteiger partial charge in [0.1, 0.15) is 29.9 Å². The van der Waals surface area contributed by atoms with E-state index in [-0.39, 0.29) is 58.8 Å². The van der Waals surface area contributed by atoms with E-state index >= 15 is 4.39 Å². The predicted octanol–water partition coefficient (Wildman–Crippen LogP) is 5.97. The fourth-order valence-electron chi connectivity index (χ4n) is 6.21. The van der Waals surface area contributed by atoms with Gasteiger partial charge in [0.25, 0.3) is 0 Å². The fraction of sp³-hybridized carbons (Fsp3) is 0.323. The van der Waals surface area contributed by atoms with Crippen LogP contribution in [0.5, 0.6) is 5.88 Å². The van der Waals surface area contributed by atoms with Gasteiger partial charge in [-0.15, -0.1) is 11.8 Å². The molecule has 0 unspecified atom stereocenters. The average Bonchev–Trinajstić information content (AvgIpc) is 3.20. The lowest BCUT2D eigenvalue weighted by molar-refractivity contribution is -0.137. The Morgan fingerprint density at radius 1 is 1.13 bits per heavy atom. The Labute approximate surface area is 274 Å². The molecule has 1 saturated heterocycles. The highest BCUT2D eigenvalue weighted by Crippen LogP contribution is 2.49. The third kappa shape index (κ3) is 6.02. The number of rotatable bonds is 5. The molecule has 1 fully saturated rings. The van der Waals surface area contributed by atoms with Gasteiger partial charge in [0.2, 0.25) is 11.8 Å². The van der Waals surface area contributed by atoms with E-state index < -0.39 is 63.4 Å². The van der Waals surface area contributed by atoms with Crippen molar-refractivity contribution in [2.75, 3.05) is 23.7 Å². The second-order valence-corrected chi connectivity index (χ2v) is 12.7. The number of benzene rings is 2. The minimum absolute atomic E-state index is 0.0117. The summed E-state index contributed by atoms with van der Waals surface area (Å²) in [4.78, 5) is 41.8. The van der Waals surface area contributed by atoms with Gasteiger partial charge in [-0.25, -0.2) is 23.5 Å². The van der Waals surface area contributed by atoms with E-state index in [1.165, 1.54) is 29.2 Å². The molecule has 246 valence electrons. The van der Waals surface area contributed by atoms with Crippen LogP contribution in [0.4, 0.5) is 27.8 Å². The van der Waals surface area contributed by atoms with Crippen molar-refractivity contribution in [3.63, 3.8) is 0 Å². The first-order chi connectivity index (χ1) is 22.3. The van der Waals surface area contributed by atoms with Crippen LogP contribution in [-0.4, -0.2) is 67.4 Å². The predicted molar refractivity (Wildman–Crippen MR) is 167 cm³/mol. The molecule has 0 aliphatic carbocycles. The zero-order valence-corrected chi connectivity index (χ0v) is 26.5. The molecule has 1 amide bonds. The van der Waals surface area contributed by atoms with Crippen LogP contribution >= 0.6 is 23.4 Å². The molecule has 0 bridgehead atoms. The molecule has 16 heteroatoms. The summed E-state index contributed by atoms with van der Waals surface area (Å²) < 4.78 is 81.8. The first kappa shape index (κ1) is 32.7. The maximum Gasteiger partial charge on any atom is 0.417 e. The molecule has 0 radical (unpaired) electrons. The number of amides is 1. The first-order valence-electron chi connectivity index (χ1n) is 14.4. The zero-order chi connectivity index (χ0) is 33.8. The van der Waals surface area contributed by atoms with Crippen molar-refractivity contribution in [1.29, 1.82) is 0 Å². The minimum Gasteiger partial charge on any atom is -0.471 e. The van der Waals surface area contributed by atoms with E-state index in [0.29, 0.717) is 6.07 Å².